The van der Waals surface area contributed by atoms with E-state index in [0.717, 1.165) is 62.1 Å². The molecule has 4 rings (SSSR count). The molecule has 1 amide bonds. The molecule has 2 aliphatic heterocycles. The standard InChI is InChI=1S/C23H25N5O3.C2H4O2/c1-31-21-6-5-16(11-25-26-22(29)7-8-24)9-19(21)15-27-12-17-10-18(14-27)20-3-2-4-23(30)28(20)13-17;1-2(3)4/h2-6,9,11,17-18H,7,10,12-15H2,1H3,(H,26,29);1H3,(H,3,4). The van der Waals surface area contributed by atoms with Crippen LogP contribution in [0.1, 0.15) is 42.5 Å². The van der Waals surface area contributed by atoms with Gasteiger partial charge in [-0.15, -0.1) is 0 Å². The van der Waals surface area contributed by atoms with Gasteiger partial charge in [-0.2, -0.15) is 10.4 Å². The second-order valence-electron chi connectivity index (χ2n) is 8.72. The van der Waals surface area contributed by atoms with Gasteiger partial charge in [0.1, 0.15) is 18.7 Å². The lowest BCUT2D eigenvalue weighted by molar-refractivity contribution is -0.924. The van der Waals surface area contributed by atoms with Gasteiger partial charge in [0.2, 0.25) is 0 Å². The highest BCUT2D eigenvalue weighted by atomic mass is 16.5. The average Bonchev–Trinajstić information content (AvgIpc) is 2.80. The summed E-state index contributed by atoms with van der Waals surface area (Å²) >= 11 is 0. The fraction of sp³-hybridized carbons (Fsp3) is 0.400. The molecular formula is C25H29N5O5. The molecule has 0 spiro atoms. The largest absolute Gasteiger partial charge is 0.550 e. The number of carboxylic acids is 1. The number of nitrogens with zero attached hydrogens (tertiary/aromatic N) is 3. The fourth-order valence-electron chi connectivity index (χ4n) is 4.84. The van der Waals surface area contributed by atoms with Crippen molar-refractivity contribution in [2.75, 3.05) is 20.2 Å². The number of nitriles is 1. The van der Waals surface area contributed by atoms with E-state index in [1.165, 1.54) is 4.90 Å². The Morgan fingerprint density at radius 3 is 2.83 bits per heavy atom. The van der Waals surface area contributed by atoms with E-state index < -0.39 is 11.9 Å². The number of rotatable bonds is 6. The lowest BCUT2D eigenvalue weighted by Gasteiger charge is -2.40. The van der Waals surface area contributed by atoms with E-state index in [1.807, 2.05) is 28.8 Å². The third-order valence-electron chi connectivity index (χ3n) is 6.06. The Morgan fingerprint density at radius 2 is 2.11 bits per heavy atom. The van der Waals surface area contributed by atoms with Crippen molar-refractivity contribution < 1.29 is 24.3 Å². The monoisotopic (exact) mass is 479 g/mol. The van der Waals surface area contributed by atoms with E-state index in [2.05, 4.69) is 16.6 Å². The quantitative estimate of drug-likeness (QED) is 0.410. The molecule has 0 aliphatic carbocycles. The summed E-state index contributed by atoms with van der Waals surface area (Å²) in [4.78, 5) is 34.0. The lowest BCUT2D eigenvalue weighted by atomic mass is 9.83. The zero-order valence-electron chi connectivity index (χ0n) is 19.8. The average molecular weight is 480 g/mol. The van der Waals surface area contributed by atoms with Crippen LogP contribution in [0.2, 0.25) is 0 Å². The number of hydrazone groups is 1. The van der Waals surface area contributed by atoms with Gasteiger partial charge in [0.05, 0.1) is 32.5 Å². The zero-order valence-corrected chi connectivity index (χ0v) is 19.8. The number of pyridine rings is 1. The van der Waals surface area contributed by atoms with E-state index in [1.54, 1.807) is 25.5 Å². The number of carboxylic acid groups (broad SMARTS) is 1. The number of hydrogen-bond acceptors (Lipinski definition) is 7. The van der Waals surface area contributed by atoms with Crippen molar-refractivity contribution in [2.24, 2.45) is 11.0 Å². The number of quaternary nitrogens is 1. The van der Waals surface area contributed by atoms with Crippen LogP contribution in [0, 0.1) is 17.2 Å². The van der Waals surface area contributed by atoms with E-state index in [4.69, 9.17) is 19.9 Å². The number of amides is 1. The van der Waals surface area contributed by atoms with Crippen LogP contribution in [0.3, 0.4) is 0 Å². The Morgan fingerprint density at radius 1 is 1.34 bits per heavy atom. The molecule has 3 unspecified atom stereocenters. The van der Waals surface area contributed by atoms with Crippen LogP contribution in [0.4, 0.5) is 0 Å². The normalized spacial score (nSPS) is 20.1. The number of piperidine rings is 1. The van der Waals surface area contributed by atoms with Gasteiger partial charge in [-0.25, -0.2) is 5.43 Å². The van der Waals surface area contributed by atoms with Gasteiger partial charge in [-0.05, 0) is 43.2 Å². The first kappa shape index (κ1) is 25.6. The number of fused-ring (bicyclic) bond motifs is 4. The summed E-state index contributed by atoms with van der Waals surface area (Å²) < 4.78 is 7.53. The summed E-state index contributed by atoms with van der Waals surface area (Å²) in [7, 11) is 1.66. The second kappa shape index (κ2) is 11.9. The van der Waals surface area contributed by atoms with Gasteiger partial charge in [-0.1, -0.05) is 6.07 Å². The molecule has 0 radical (unpaired) electrons. The number of hydrogen-bond donors (Lipinski definition) is 2. The van der Waals surface area contributed by atoms with Crippen LogP contribution in [-0.2, 0) is 22.7 Å². The molecule has 1 saturated heterocycles. The molecule has 0 saturated carbocycles. The maximum absolute atomic E-state index is 12.2. The molecule has 2 aliphatic rings. The Balaban J connectivity index is 0.000000795. The van der Waals surface area contributed by atoms with Crippen LogP contribution in [0.25, 0.3) is 0 Å². The number of ether oxygens (including phenoxy) is 1. The van der Waals surface area contributed by atoms with Crippen molar-refractivity contribution in [3.63, 3.8) is 0 Å². The van der Waals surface area contributed by atoms with Crippen molar-refractivity contribution in [1.82, 2.24) is 9.99 Å². The van der Waals surface area contributed by atoms with E-state index >= 15 is 0 Å². The fourth-order valence-corrected chi connectivity index (χ4v) is 4.84. The smallest absolute Gasteiger partial charge is 0.254 e. The Bertz CT molecular complexity index is 1200. The minimum Gasteiger partial charge on any atom is -0.550 e. The topological polar surface area (TPSA) is 141 Å². The Labute approximate surface area is 203 Å². The number of benzene rings is 1. The van der Waals surface area contributed by atoms with Gasteiger partial charge in [-0.3, -0.25) is 9.59 Å². The third kappa shape index (κ3) is 7.01. The van der Waals surface area contributed by atoms with Crippen molar-refractivity contribution in [2.45, 2.75) is 38.8 Å². The molecule has 10 heteroatoms. The molecule has 184 valence electrons. The van der Waals surface area contributed by atoms with E-state index in [9.17, 15) is 9.59 Å². The minimum absolute atomic E-state index is 0.103. The summed E-state index contributed by atoms with van der Waals surface area (Å²) in [6, 6.07) is 13.2. The first-order chi connectivity index (χ1) is 16.8. The summed E-state index contributed by atoms with van der Waals surface area (Å²) in [5.41, 5.74) is 5.53. The minimum atomic E-state index is -1.08. The molecule has 3 heterocycles. The molecular weight excluding hydrogens is 450 g/mol. The molecule has 1 aromatic carbocycles. The molecule has 2 aromatic rings. The highest BCUT2D eigenvalue weighted by molar-refractivity contribution is 5.83. The van der Waals surface area contributed by atoms with Crippen LogP contribution in [-0.4, -0.2) is 42.9 Å². The van der Waals surface area contributed by atoms with Gasteiger partial charge in [0.25, 0.3) is 11.5 Å². The van der Waals surface area contributed by atoms with E-state index in [-0.39, 0.29) is 12.0 Å². The molecule has 2 N–H and O–H groups in total. The number of carbonyl (C=O) groups excluding carboxylic acids is 2. The number of carbonyl (C=O) groups is 2. The van der Waals surface area contributed by atoms with Gasteiger partial charge in [0.15, 0.2) is 0 Å². The van der Waals surface area contributed by atoms with Crippen LogP contribution in [0.15, 0.2) is 46.3 Å². The SMILES string of the molecule is CC(=O)[O-].COc1ccc(C=NNC(=O)CC#N)cc1C[NH+]1CC2CC(C1)c1cccc(=O)n1C2. The van der Waals surface area contributed by atoms with Gasteiger partial charge >= 0.3 is 0 Å². The number of methoxy groups -OCH3 is 1. The number of likely N-dealkylation sites (tertiary alicyclic amines) is 1. The number of nitrogens with one attached hydrogen (secondary N) is 2. The predicted molar refractivity (Wildman–Crippen MR) is 126 cm³/mol. The van der Waals surface area contributed by atoms with Crippen molar-refractivity contribution >= 4 is 18.1 Å². The Kier molecular flexibility index (Phi) is 8.75. The molecule has 1 aromatic heterocycles. The predicted octanol–water partition coefficient (Wildman–Crippen LogP) is -0.821. The lowest BCUT2D eigenvalue weighted by Crippen LogP contribution is -3.13. The van der Waals surface area contributed by atoms with Crippen LogP contribution in [0.5, 0.6) is 5.75 Å². The number of aromatic nitrogens is 1. The highest BCUT2D eigenvalue weighted by Crippen LogP contribution is 2.30. The molecule has 35 heavy (non-hydrogen) atoms. The summed E-state index contributed by atoms with van der Waals surface area (Å²) in [5, 5.41) is 21.4. The first-order valence-electron chi connectivity index (χ1n) is 11.4. The van der Waals surface area contributed by atoms with Crippen molar-refractivity contribution in [3.05, 3.63) is 63.6 Å². The number of aliphatic carboxylic acids is 1. The van der Waals surface area contributed by atoms with Crippen molar-refractivity contribution in [1.29, 1.82) is 5.26 Å². The maximum Gasteiger partial charge on any atom is 0.254 e. The zero-order chi connectivity index (χ0) is 25.4. The van der Waals surface area contributed by atoms with Crippen LogP contribution < -0.4 is 25.7 Å². The van der Waals surface area contributed by atoms with E-state index in [0.29, 0.717) is 11.8 Å². The summed E-state index contributed by atoms with van der Waals surface area (Å²) in [5.74, 6) is 0.191. The third-order valence-corrected chi connectivity index (χ3v) is 6.06. The maximum atomic E-state index is 12.2. The molecule has 2 bridgehead atoms. The van der Waals surface area contributed by atoms with Gasteiger partial charge < -0.3 is 24.1 Å². The summed E-state index contributed by atoms with van der Waals surface area (Å²) in [6.07, 6.45) is 2.49. The van der Waals surface area contributed by atoms with Crippen molar-refractivity contribution in [3.8, 4) is 11.8 Å². The molecule has 10 nitrogen and oxygen atoms in total. The summed E-state index contributed by atoms with van der Waals surface area (Å²) in [6.45, 7) is 4.57. The molecule has 3 atom stereocenters. The first-order valence-corrected chi connectivity index (χ1v) is 11.4. The molecule has 1 fully saturated rings. The highest BCUT2D eigenvalue weighted by Gasteiger charge is 2.37. The van der Waals surface area contributed by atoms with Crippen LogP contribution >= 0.6 is 0 Å². The second-order valence-corrected chi connectivity index (χ2v) is 8.72. The van der Waals surface area contributed by atoms with Gasteiger partial charge in [0, 0.05) is 41.7 Å². The Hall–Kier alpha value is -3.97.